The Labute approximate surface area is 163 Å². The molecule has 1 fully saturated rings. The van der Waals surface area contributed by atoms with Crippen molar-refractivity contribution in [3.8, 4) is 5.75 Å². The monoisotopic (exact) mass is 390 g/mol. The number of benzene rings is 1. The van der Waals surface area contributed by atoms with Crippen LogP contribution in [-0.2, 0) is 11.8 Å². The summed E-state index contributed by atoms with van der Waals surface area (Å²) in [5.74, 6) is 0.277. The van der Waals surface area contributed by atoms with Crippen LogP contribution in [0.1, 0.15) is 29.8 Å². The van der Waals surface area contributed by atoms with Gasteiger partial charge < -0.3 is 15.4 Å². The molecule has 1 aromatic heterocycles. The minimum atomic E-state index is -0.380. The molecule has 0 radical (unpaired) electrons. The third-order valence-electron chi connectivity index (χ3n) is 5.06. The van der Waals surface area contributed by atoms with Gasteiger partial charge in [0.25, 0.3) is 5.91 Å². The maximum Gasteiger partial charge on any atom is 0.272 e. The molecular formula is C19H23ClN4O3. The van der Waals surface area contributed by atoms with Crippen molar-refractivity contribution in [3.63, 3.8) is 0 Å². The molecule has 27 heavy (non-hydrogen) atoms. The standard InChI is InChI=1S/C19H23ClN4O3/c1-23-16(6-9-22-23)18(26)24-10-7-19(8-11-24,12-17(21)25)13-27-15-4-2-14(20)3-5-15/h2-6,9H,7-8,10-13H2,1H3,(H2,21,25). The molecule has 0 spiro atoms. The molecule has 0 unspecified atom stereocenters. The molecule has 2 heterocycles. The van der Waals surface area contributed by atoms with Gasteiger partial charge in [0.2, 0.25) is 5.91 Å². The first kappa shape index (κ1) is 19.2. The van der Waals surface area contributed by atoms with Crippen molar-refractivity contribution in [1.82, 2.24) is 14.7 Å². The first-order valence-electron chi connectivity index (χ1n) is 8.82. The van der Waals surface area contributed by atoms with Gasteiger partial charge in [-0.3, -0.25) is 14.3 Å². The number of halogens is 1. The van der Waals surface area contributed by atoms with Crippen LogP contribution in [0.2, 0.25) is 5.02 Å². The van der Waals surface area contributed by atoms with E-state index >= 15 is 0 Å². The topological polar surface area (TPSA) is 90.4 Å². The van der Waals surface area contributed by atoms with Crippen molar-refractivity contribution in [2.75, 3.05) is 19.7 Å². The number of rotatable bonds is 6. The minimum Gasteiger partial charge on any atom is -0.493 e. The number of likely N-dealkylation sites (tertiary alicyclic amines) is 1. The quantitative estimate of drug-likeness (QED) is 0.819. The molecule has 2 amide bonds. The summed E-state index contributed by atoms with van der Waals surface area (Å²) >= 11 is 5.90. The number of hydrogen-bond acceptors (Lipinski definition) is 4. The zero-order valence-electron chi connectivity index (χ0n) is 15.2. The van der Waals surface area contributed by atoms with Crippen LogP contribution in [0.5, 0.6) is 5.75 Å². The lowest BCUT2D eigenvalue weighted by Gasteiger charge is -2.41. The summed E-state index contributed by atoms with van der Waals surface area (Å²) < 4.78 is 7.47. The number of carbonyl (C=O) groups excluding carboxylic acids is 2. The lowest BCUT2D eigenvalue weighted by atomic mass is 9.76. The van der Waals surface area contributed by atoms with Gasteiger partial charge in [0.05, 0.1) is 6.61 Å². The molecule has 7 nitrogen and oxygen atoms in total. The Hall–Kier alpha value is -2.54. The molecule has 1 aliphatic rings. The zero-order valence-corrected chi connectivity index (χ0v) is 16.0. The normalized spacial score (nSPS) is 16.1. The fraction of sp³-hybridized carbons (Fsp3) is 0.421. The van der Waals surface area contributed by atoms with Gasteiger partial charge in [-0.1, -0.05) is 11.6 Å². The van der Waals surface area contributed by atoms with E-state index in [2.05, 4.69) is 5.10 Å². The highest BCUT2D eigenvalue weighted by Crippen LogP contribution is 2.36. The number of piperidine rings is 1. The Balaban J connectivity index is 1.66. The second-order valence-electron chi connectivity index (χ2n) is 7.02. The van der Waals surface area contributed by atoms with E-state index < -0.39 is 0 Å². The number of nitrogens with two attached hydrogens (primary N) is 1. The van der Waals surface area contributed by atoms with E-state index in [-0.39, 0.29) is 23.7 Å². The van der Waals surface area contributed by atoms with Crippen molar-refractivity contribution in [3.05, 3.63) is 47.2 Å². The highest BCUT2D eigenvalue weighted by atomic mass is 35.5. The van der Waals surface area contributed by atoms with Crippen molar-refractivity contribution in [1.29, 1.82) is 0 Å². The second kappa shape index (κ2) is 8.00. The summed E-state index contributed by atoms with van der Waals surface area (Å²) in [6.45, 7) is 1.45. The van der Waals surface area contributed by atoms with Crippen molar-refractivity contribution in [2.45, 2.75) is 19.3 Å². The Morgan fingerprint density at radius 2 is 1.89 bits per heavy atom. The summed E-state index contributed by atoms with van der Waals surface area (Å²) in [6.07, 6.45) is 3.13. The number of aryl methyl sites for hydroxylation is 1. The average Bonchev–Trinajstić information content (AvgIpc) is 3.07. The number of ether oxygens (including phenoxy) is 1. The molecule has 0 aliphatic carbocycles. The van der Waals surface area contributed by atoms with E-state index in [1.165, 1.54) is 0 Å². The van der Waals surface area contributed by atoms with E-state index in [9.17, 15) is 9.59 Å². The zero-order chi connectivity index (χ0) is 19.4. The number of amides is 2. The van der Waals surface area contributed by atoms with Crippen LogP contribution in [0.4, 0.5) is 0 Å². The van der Waals surface area contributed by atoms with Gasteiger partial charge in [-0.05, 0) is 43.2 Å². The van der Waals surface area contributed by atoms with Crippen LogP contribution in [0.3, 0.4) is 0 Å². The number of nitrogens with zero attached hydrogens (tertiary/aromatic N) is 3. The predicted octanol–water partition coefficient (Wildman–Crippen LogP) is 2.25. The van der Waals surface area contributed by atoms with Crippen LogP contribution in [0.25, 0.3) is 0 Å². The average molecular weight is 391 g/mol. The van der Waals surface area contributed by atoms with E-state index in [0.29, 0.717) is 49.0 Å². The van der Waals surface area contributed by atoms with Crippen LogP contribution < -0.4 is 10.5 Å². The van der Waals surface area contributed by atoms with Crippen molar-refractivity contribution >= 4 is 23.4 Å². The van der Waals surface area contributed by atoms with Gasteiger partial charge in [0.15, 0.2) is 0 Å². The first-order valence-corrected chi connectivity index (χ1v) is 9.20. The highest BCUT2D eigenvalue weighted by Gasteiger charge is 2.38. The second-order valence-corrected chi connectivity index (χ2v) is 7.45. The molecule has 3 rings (SSSR count). The van der Waals surface area contributed by atoms with Crippen LogP contribution >= 0.6 is 11.6 Å². The summed E-state index contributed by atoms with van der Waals surface area (Å²) in [6, 6.07) is 8.81. The summed E-state index contributed by atoms with van der Waals surface area (Å²) in [7, 11) is 1.74. The molecule has 2 aromatic rings. The van der Waals surface area contributed by atoms with E-state index in [1.54, 1.807) is 53.2 Å². The third kappa shape index (κ3) is 4.60. The van der Waals surface area contributed by atoms with Gasteiger partial charge in [-0.2, -0.15) is 5.10 Å². The van der Waals surface area contributed by atoms with Gasteiger partial charge >= 0.3 is 0 Å². The van der Waals surface area contributed by atoms with Gasteiger partial charge in [-0.25, -0.2) is 0 Å². The highest BCUT2D eigenvalue weighted by molar-refractivity contribution is 6.30. The first-order chi connectivity index (χ1) is 12.9. The fourth-order valence-electron chi connectivity index (χ4n) is 3.44. The molecule has 0 saturated carbocycles. The smallest absolute Gasteiger partial charge is 0.272 e. The van der Waals surface area contributed by atoms with Crippen molar-refractivity contribution < 1.29 is 14.3 Å². The third-order valence-corrected chi connectivity index (χ3v) is 5.31. The van der Waals surface area contributed by atoms with Crippen molar-refractivity contribution in [2.24, 2.45) is 18.2 Å². The molecule has 1 saturated heterocycles. The van der Waals surface area contributed by atoms with E-state index in [1.807, 2.05) is 0 Å². The Morgan fingerprint density at radius 1 is 1.22 bits per heavy atom. The molecule has 2 N–H and O–H groups in total. The molecule has 0 bridgehead atoms. The molecule has 8 heteroatoms. The Morgan fingerprint density at radius 3 is 2.44 bits per heavy atom. The largest absolute Gasteiger partial charge is 0.493 e. The van der Waals surface area contributed by atoms with Crippen LogP contribution in [0.15, 0.2) is 36.5 Å². The lowest BCUT2D eigenvalue weighted by molar-refractivity contribution is -0.121. The van der Waals surface area contributed by atoms with Crippen LogP contribution in [-0.4, -0.2) is 46.2 Å². The van der Waals surface area contributed by atoms with Gasteiger partial charge in [-0.15, -0.1) is 0 Å². The van der Waals surface area contributed by atoms with Gasteiger partial charge in [0, 0.05) is 43.2 Å². The van der Waals surface area contributed by atoms with Gasteiger partial charge in [0.1, 0.15) is 11.4 Å². The molecule has 144 valence electrons. The number of aromatic nitrogens is 2. The van der Waals surface area contributed by atoms with E-state index in [0.717, 1.165) is 0 Å². The summed E-state index contributed by atoms with van der Waals surface area (Å²) in [5.41, 5.74) is 5.66. The Kier molecular flexibility index (Phi) is 5.70. The SMILES string of the molecule is Cn1nccc1C(=O)N1CCC(COc2ccc(Cl)cc2)(CC(N)=O)CC1. The molecule has 1 aliphatic heterocycles. The number of carbonyl (C=O) groups is 2. The number of primary amides is 1. The molecule has 1 aromatic carbocycles. The maximum absolute atomic E-state index is 12.7. The Bertz CT molecular complexity index is 811. The maximum atomic E-state index is 12.7. The summed E-state index contributed by atoms with van der Waals surface area (Å²) in [4.78, 5) is 26.1. The van der Waals surface area contributed by atoms with E-state index in [4.69, 9.17) is 22.1 Å². The predicted molar refractivity (Wildman–Crippen MR) is 102 cm³/mol. The number of hydrogen-bond donors (Lipinski definition) is 1. The fourth-order valence-corrected chi connectivity index (χ4v) is 3.56. The lowest BCUT2D eigenvalue weighted by Crippen LogP contribution is -2.47. The molecular weight excluding hydrogens is 368 g/mol. The molecule has 0 atom stereocenters. The van der Waals surface area contributed by atoms with Crippen LogP contribution in [0, 0.1) is 5.41 Å². The summed E-state index contributed by atoms with van der Waals surface area (Å²) in [5, 5.41) is 4.68. The minimum absolute atomic E-state index is 0.0544.